The lowest BCUT2D eigenvalue weighted by atomic mass is 10.0. The Balaban J connectivity index is 1.81. The molecule has 86 valence electrons. The first-order valence-corrected chi connectivity index (χ1v) is 6.20. The van der Waals surface area contributed by atoms with E-state index in [0.29, 0.717) is 12.0 Å². The highest BCUT2D eigenvalue weighted by molar-refractivity contribution is 5.82. The fourth-order valence-corrected chi connectivity index (χ4v) is 2.81. The van der Waals surface area contributed by atoms with Gasteiger partial charge >= 0.3 is 0 Å². The van der Waals surface area contributed by atoms with Crippen LogP contribution in [0.3, 0.4) is 0 Å². The molecule has 2 N–H and O–H groups in total. The minimum absolute atomic E-state index is 0.0564. The minimum Gasteiger partial charge on any atom is -0.352 e. The number of carbonyl (C=O) groups excluding carboxylic acids is 1. The fraction of sp³-hybridized carbons (Fsp3) is 0.917. The van der Waals surface area contributed by atoms with Gasteiger partial charge in [-0.3, -0.25) is 4.79 Å². The minimum atomic E-state index is 0.0564. The van der Waals surface area contributed by atoms with Crippen LogP contribution in [0.15, 0.2) is 0 Å². The van der Waals surface area contributed by atoms with Gasteiger partial charge in [-0.2, -0.15) is 0 Å². The maximum Gasteiger partial charge on any atom is 0.237 e. The molecule has 2 fully saturated rings. The molecule has 3 heteroatoms. The van der Waals surface area contributed by atoms with Crippen LogP contribution in [0.2, 0.25) is 0 Å². The Morgan fingerprint density at radius 1 is 1.27 bits per heavy atom. The summed E-state index contributed by atoms with van der Waals surface area (Å²) in [7, 11) is 0. The summed E-state index contributed by atoms with van der Waals surface area (Å²) >= 11 is 0. The van der Waals surface area contributed by atoms with E-state index in [0.717, 1.165) is 31.7 Å². The SMILES string of the molecule is CC1CCC(NC(=O)C2NCCC2C)C1. The van der Waals surface area contributed by atoms with Crippen molar-refractivity contribution in [1.82, 2.24) is 10.6 Å². The fourth-order valence-electron chi connectivity index (χ4n) is 2.81. The van der Waals surface area contributed by atoms with Crippen molar-refractivity contribution < 1.29 is 4.79 Å². The Morgan fingerprint density at radius 2 is 2.07 bits per heavy atom. The quantitative estimate of drug-likeness (QED) is 0.721. The molecule has 15 heavy (non-hydrogen) atoms. The molecule has 2 rings (SSSR count). The lowest BCUT2D eigenvalue weighted by molar-refractivity contribution is -0.124. The van der Waals surface area contributed by atoms with Crippen LogP contribution in [-0.2, 0) is 4.79 Å². The van der Waals surface area contributed by atoms with Crippen LogP contribution in [0.1, 0.15) is 39.5 Å². The maximum absolute atomic E-state index is 11.9. The van der Waals surface area contributed by atoms with Gasteiger partial charge < -0.3 is 10.6 Å². The van der Waals surface area contributed by atoms with Crippen LogP contribution >= 0.6 is 0 Å². The van der Waals surface area contributed by atoms with Gasteiger partial charge in [-0.15, -0.1) is 0 Å². The van der Waals surface area contributed by atoms with Gasteiger partial charge in [0, 0.05) is 6.04 Å². The van der Waals surface area contributed by atoms with E-state index in [-0.39, 0.29) is 11.9 Å². The molecule has 1 aliphatic carbocycles. The number of hydrogen-bond donors (Lipinski definition) is 2. The molecule has 0 radical (unpaired) electrons. The van der Waals surface area contributed by atoms with Gasteiger partial charge in [-0.05, 0) is 44.1 Å². The molecule has 1 aliphatic heterocycles. The van der Waals surface area contributed by atoms with E-state index in [1.54, 1.807) is 0 Å². The Labute approximate surface area is 92.0 Å². The predicted octanol–water partition coefficient (Wildman–Crippen LogP) is 1.29. The van der Waals surface area contributed by atoms with Crippen molar-refractivity contribution >= 4 is 5.91 Å². The molecule has 0 aromatic rings. The van der Waals surface area contributed by atoms with Crippen molar-refractivity contribution in [3.8, 4) is 0 Å². The lowest BCUT2D eigenvalue weighted by Crippen LogP contribution is -2.46. The second kappa shape index (κ2) is 4.52. The molecule has 1 heterocycles. The van der Waals surface area contributed by atoms with Gasteiger partial charge in [0.05, 0.1) is 6.04 Å². The van der Waals surface area contributed by atoms with E-state index in [2.05, 4.69) is 24.5 Å². The van der Waals surface area contributed by atoms with E-state index >= 15 is 0 Å². The van der Waals surface area contributed by atoms with Crippen LogP contribution in [0, 0.1) is 11.8 Å². The standard InChI is InChI=1S/C12H22N2O/c1-8-3-4-10(7-8)14-12(15)11-9(2)5-6-13-11/h8-11,13H,3-7H2,1-2H3,(H,14,15). The Bertz CT molecular complexity index is 242. The molecule has 1 saturated carbocycles. The van der Waals surface area contributed by atoms with Crippen molar-refractivity contribution in [2.45, 2.75) is 51.6 Å². The summed E-state index contributed by atoms with van der Waals surface area (Å²) in [6.45, 7) is 5.41. The molecular weight excluding hydrogens is 188 g/mol. The normalized spacial score (nSPS) is 40.7. The number of carbonyl (C=O) groups is 1. The first kappa shape index (κ1) is 10.9. The van der Waals surface area contributed by atoms with Crippen molar-refractivity contribution in [2.75, 3.05) is 6.54 Å². The monoisotopic (exact) mass is 210 g/mol. The highest BCUT2D eigenvalue weighted by Gasteiger charge is 2.31. The maximum atomic E-state index is 11.9. The summed E-state index contributed by atoms with van der Waals surface area (Å²) in [6, 6.07) is 0.489. The highest BCUT2D eigenvalue weighted by atomic mass is 16.2. The Morgan fingerprint density at radius 3 is 2.60 bits per heavy atom. The second-order valence-electron chi connectivity index (χ2n) is 5.32. The van der Waals surface area contributed by atoms with Crippen molar-refractivity contribution in [3.05, 3.63) is 0 Å². The van der Waals surface area contributed by atoms with Crippen LogP contribution < -0.4 is 10.6 Å². The molecule has 0 aromatic carbocycles. The third kappa shape index (κ3) is 2.51. The number of amides is 1. The average molecular weight is 210 g/mol. The van der Waals surface area contributed by atoms with Crippen LogP contribution in [-0.4, -0.2) is 24.5 Å². The molecule has 3 nitrogen and oxygen atoms in total. The molecular formula is C12H22N2O. The third-order valence-electron chi connectivity index (χ3n) is 3.86. The highest BCUT2D eigenvalue weighted by Crippen LogP contribution is 2.25. The van der Waals surface area contributed by atoms with Gasteiger partial charge in [0.25, 0.3) is 0 Å². The molecule has 1 saturated heterocycles. The summed E-state index contributed by atoms with van der Waals surface area (Å²) in [6.07, 6.45) is 4.71. The summed E-state index contributed by atoms with van der Waals surface area (Å²) in [5.74, 6) is 1.49. The summed E-state index contributed by atoms with van der Waals surface area (Å²) in [4.78, 5) is 11.9. The van der Waals surface area contributed by atoms with Gasteiger partial charge in [0.1, 0.15) is 0 Å². The van der Waals surface area contributed by atoms with Crippen molar-refractivity contribution in [3.63, 3.8) is 0 Å². The van der Waals surface area contributed by atoms with Crippen LogP contribution in [0.25, 0.3) is 0 Å². The first-order chi connectivity index (χ1) is 7.16. The van der Waals surface area contributed by atoms with E-state index < -0.39 is 0 Å². The third-order valence-corrected chi connectivity index (χ3v) is 3.86. The summed E-state index contributed by atoms with van der Waals surface area (Å²) < 4.78 is 0. The van der Waals surface area contributed by atoms with Crippen molar-refractivity contribution in [1.29, 1.82) is 0 Å². The lowest BCUT2D eigenvalue weighted by Gasteiger charge is -2.19. The van der Waals surface area contributed by atoms with Crippen LogP contribution in [0.4, 0.5) is 0 Å². The number of nitrogens with one attached hydrogen (secondary N) is 2. The van der Waals surface area contributed by atoms with Gasteiger partial charge in [-0.1, -0.05) is 13.8 Å². The average Bonchev–Trinajstić information content (AvgIpc) is 2.75. The predicted molar refractivity (Wildman–Crippen MR) is 60.5 cm³/mol. The molecule has 2 aliphatic rings. The van der Waals surface area contributed by atoms with Gasteiger partial charge in [0.2, 0.25) is 5.91 Å². The van der Waals surface area contributed by atoms with Gasteiger partial charge in [0.15, 0.2) is 0 Å². The second-order valence-corrected chi connectivity index (χ2v) is 5.32. The smallest absolute Gasteiger partial charge is 0.237 e. The van der Waals surface area contributed by atoms with Gasteiger partial charge in [-0.25, -0.2) is 0 Å². The zero-order chi connectivity index (χ0) is 10.8. The van der Waals surface area contributed by atoms with E-state index in [4.69, 9.17) is 0 Å². The summed E-state index contributed by atoms with van der Waals surface area (Å²) in [5.41, 5.74) is 0. The van der Waals surface area contributed by atoms with E-state index in [9.17, 15) is 4.79 Å². The zero-order valence-electron chi connectivity index (χ0n) is 9.75. The Hall–Kier alpha value is -0.570. The van der Waals surface area contributed by atoms with Crippen molar-refractivity contribution in [2.24, 2.45) is 11.8 Å². The summed E-state index contributed by atoms with van der Waals surface area (Å²) in [5, 5.41) is 6.46. The van der Waals surface area contributed by atoms with E-state index in [1.165, 1.54) is 6.42 Å². The molecule has 0 spiro atoms. The topological polar surface area (TPSA) is 41.1 Å². The largest absolute Gasteiger partial charge is 0.352 e. The molecule has 4 atom stereocenters. The van der Waals surface area contributed by atoms with Crippen LogP contribution in [0.5, 0.6) is 0 Å². The number of rotatable bonds is 2. The Kier molecular flexibility index (Phi) is 3.29. The molecule has 1 amide bonds. The molecule has 4 unspecified atom stereocenters. The molecule has 0 bridgehead atoms. The number of hydrogen-bond acceptors (Lipinski definition) is 2. The first-order valence-electron chi connectivity index (χ1n) is 6.20. The van der Waals surface area contributed by atoms with E-state index in [1.807, 2.05) is 0 Å². The molecule has 0 aromatic heterocycles. The zero-order valence-corrected chi connectivity index (χ0v) is 9.75.